The molecule has 2 heterocycles. The molecule has 18 heavy (non-hydrogen) atoms. The van der Waals surface area contributed by atoms with Crippen LogP contribution in [0.25, 0.3) is 0 Å². The summed E-state index contributed by atoms with van der Waals surface area (Å²) in [5.74, 6) is 0.568. The highest BCUT2D eigenvalue weighted by Gasteiger charge is 2.35. The summed E-state index contributed by atoms with van der Waals surface area (Å²) >= 11 is 0. The molecule has 1 aromatic carbocycles. The minimum Gasteiger partial charge on any atom is -0.351 e. The van der Waals surface area contributed by atoms with E-state index in [0.717, 1.165) is 19.4 Å². The Hall–Kier alpha value is -1.40. The van der Waals surface area contributed by atoms with Crippen molar-refractivity contribution >= 4 is 15.9 Å². The summed E-state index contributed by atoms with van der Waals surface area (Å²) in [6.45, 7) is 1.35. The molecule has 0 amide bonds. The molecule has 3 rings (SSSR count). The second-order valence-electron chi connectivity index (χ2n) is 4.61. The minimum atomic E-state index is -3.52. The molecule has 2 aliphatic rings. The molecule has 0 spiro atoms. The van der Waals surface area contributed by atoms with E-state index in [4.69, 9.17) is 5.73 Å². The minimum absolute atomic E-state index is 0.199. The van der Waals surface area contributed by atoms with Crippen LogP contribution in [0.2, 0.25) is 0 Å². The number of fused-ring (bicyclic) bond motifs is 1. The summed E-state index contributed by atoms with van der Waals surface area (Å²) in [5, 5.41) is 0. The van der Waals surface area contributed by atoms with Crippen molar-refractivity contribution in [2.45, 2.75) is 23.8 Å². The number of nitrogens with two attached hydrogens (primary N) is 1. The summed E-state index contributed by atoms with van der Waals surface area (Å²) in [6.07, 6.45) is 2.03. The number of likely N-dealkylation sites (tertiary alicyclic amines) is 1. The van der Waals surface area contributed by atoms with Gasteiger partial charge in [-0.1, -0.05) is 12.1 Å². The Bertz CT molecular complexity index is 610. The number of benzene rings is 1. The van der Waals surface area contributed by atoms with Gasteiger partial charge in [-0.05, 0) is 25.0 Å². The zero-order chi connectivity index (χ0) is 12.8. The Morgan fingerprint density at radius 1 is 1.39 bits per heavy atom. The average Bonchev–Trinajstić information content (AvgIpc) is 2.92. The third kappa shape index (κ3) is 1.64. The SMILES string of the molecule is NCC1CCCN1C1=NS(=O)(=O)c2ccccc21. The van der Waals surface area contributed by atoms with Crippen molar-refractivity contribution in [3.05, 3.63) is 29.8 Å². The van der Waals surface area contributed by atoms with Crippen molar-refractivity contribution in [2.75, 3.05) is 13.1 Å². The Balaban J connectivity index is 2.09. The van der Waals surface area contributed by atoms with E-state index in [1.807, 2.05) is 17.0 Å². The Kier molecular flexibility index (Phi) is 2.64. The Morgan fingerprint density at radius 2 is 2.17 bits per heavy atom. The molecule has 1 atom stereocenters. The molecule has 96 valence electrons. The fraction of sp³-hybridized carbons (Fsp3) is 0.417. The van der Waals surface area contributed by atoms with Crippen LogP contribution in [0.5, 0.6) is 0 Å². The van der Waals surface area contributed by atoms with Crippen LogP contribution in [-0.2, 0) is 10.0 Å². The van der Waals surface area contributed by atoms with Crippen LogP contribution in [0.15, 0.2) is 33.6 Å². The van der Waals surface area contributed by atoms with Gasteiger partial charge in [-0.15, -0.1) is 4.40 Å². The average molecular weight is 265 g/mol. The quantitative estimate of drug-likeness (QED) is 0.805. The molecule has 0 saturated carbocycles. The molecular weight excluding hydrogens is 250 g/mol. The Morgan fingerprint density at radius 3 is 2.94 bits per heavy atom. The summed E-state index contributed by atoms with van der Waals surface area (Å²) in [5.41, 5.74) is 6.44. The lowest BCUT2D eigenvalue weighted by atomic mass is 10.1. The summed E-state index contributed by atoms with van der Waals surface area (Å²) < 4.78 is 27.9. The predicted molar refractivity (Wildman–Crippen MR) is 68.9 cm³/mol. The van der Waals surface area contributed by atoms with Crippen LogP contribution >= 0.6 is 0 Å². The predicted octanol–water partition coefficient (Wildman–Crippen LogP) is 0.559. The number of amidine groups is 1. The molecule has 0 aliphatic carbocycles. The highest BCUT2D eigenvalue weighted by atomic mass is 32.2. The topological polar surface area (TPSA) is 75.8 Å². The molecule has 0 aromatic heterocycles. The van der Waals surface area contributed by atoms with Gasteiger partial charge in [-0.3, -0.25) is 0 Å². The van der Waals surface area contributed by atoms with Crippen molar-refractivity contribution in [3.63, 3.8) is 0 Å². The van der Waals surface area contributed by atoms with Gasteiger partial charge in [0.2, 0.25) is 0 Å². The van der Waals surface area contributed by atoms with Gasteiger partial charge in [0, 0.05) is 24.7 Å². The third-order valence-electron chi connectivity index (χ3n) is 3.53. The molecule has 1 saturated heterocycles. The molecule has 2 aliphatic heterocycles. The molecule has 6 heteroatoms. The van der Waals surface area contributed by atoms with E-state index in [9.17, 15) is 8.42 Å². The van der Waals surface area contributed by atoms with Gasteiger partial charge in [0.25, 0.3) is 10.0 Å². The van der Waals surface area contributed by atoms with E-state index in [1.165, 1.54) is 0 Å². The molecule has 2 N–H and O–H groups in total. The van der Waals surface area contributed by atoms with Crippen molar-refractivity contribution in [3.8, 4) is 0 Å². The molecule has 0 bridgehead atoms. The molecule has 0 radical (unpaired) electrons. The summed E-state index contributed by atoms with van der Waals surface area (Å²) in [7, 11) is -3.52. The number of sulfonamides is 1. The smallest absolute Gasteiger partial charge is 0.285 e. The first-order valence-electron chi connectivity index (χ1n) is 6.04. The number of hydrogen-bond donors (Lipinski definition) is 1. The zero-order valence-corrected chi connectivity index (χ0v) is 10.7. The van der Waals surface area contributed by atoms with Crippen molar-refractivity contribution in [2.24, 2.45) is 10.1 Å². The lowest BCUT2D eigenvalue weighted by Gasteiger charge is -2.25. The van der Waals surface area contributed by atoms with Gasteiger partial charge in [0.1, 0.15) is 4.90 Å². The number of rotatable bonds is 1. The normalized spacial score (nSPS) is 25.1. The fourth-order valence-corrected chi connectivity index (χ4v) is 3.87. The highest BCUT2D eigenvalue weighted by molar-refractivity contribution is 7.90. The molecule has 5 nitrogen and oxygen atoms in total. The summed E-state index contributed by atoms with van der Waals surface area (Å²) in [6, 6.07) is 7.17. The van der Waals surface area contributed by atoms with Crippen LogP contribution in [-0.4, -0.2) is 38.3 Å². The van der Waals surface area contributed by atoms with Gasteiger partial charge >= 0.3 is 0 Å². The van der Waals surface area contributed by atoms with Crippen molar-refractivity contribution in [1.82, 2.24) is 4.90 Å². The number of nitrogens with zero attached hydrogens (tertiary/aromatic N) is 2. The fourth-order valence-electron chi connectivity index (χ4n) is 2.66. The van der Waals surface area contributed by atoms with E-state index in [2.05, 4.69) is 4.40 Å². The summed E-state index contributed by atoms with van der Waals surface area (Å²) in [4.78, 5) is 2.34. The molecule has 1 unspecified atom stereocenters. The molecule has 1 aromatic rings. The number of hydrogen-bond acceptors (Lipinski definition) is 4. The maximum Gasteiger partial charge on any atom is 0.285 e. The van der Waals surface area contributed by atoms with E-state index >= 15 is 0 Å². The third-order valence-corrected chi connectivity index (χ3v) is 4.86. The van der Waals surface area contributed by atoms with Crippen LogP contribution in [0.1, 0.15) is 18.4 Å². The van der Waals surface area contributed by atoms with E-state index in [0.29, 0.717) is 22.8 Å². The monoisotopic (exact) mass is 265 g/mol. The largest absolute Gasteiger partial charge is 0.351 e. The first kappa shape index (κ1) is 11.7. The second kappa shape index (κ2) is 4.07. The van der Waals surface area contributed by atoms with Crippen LogP contribution < -0.4 is 5.73 Å². The van der Waals surface area contributed by atoms with Crippen LogP contribution in [0.3, 0.4) is 0 Å². The molecular formula is C12H15N3O2S. The van der Waals surface area contributed by atoms with Gasteiger partial charge < -0.3 is 10.6 Å². The van der Waals surface area contributed by atoms with Crippen molar-refractivity contribution < 1.29 is 8.42 Å². The zero-order valence-electron chi connectivity index (χ0n) is 9.91. The van der Waals surface area contributed by atoms with E-state index in [-0.39, 0.29) is 6.04 Å². The standard InChI is InChI=1S/C12H15N3O2S/c13-8-9-4-3-7-15(9)12-10-5-1-2-6-11(10)18(16,17)14-12/h1-2,5-6,9H,3-4,7-8,13H2. The Labute approximate surface area is 106 Å². The maximum absolute atomic E-state index is 12.0. The van der Waals surface area contributed by atoms with Gasteiger partial charge in [-0.2, -0.15) is 8.42 Å². The maximum atomic E-state index is 12.0. The first-order valence-corrected chi connectivity index (χ1v) is 7.48. The van der Waals surface area contributed by atoms with Crippen LogP contribution in [0, 0.1) is 0 Å². The lowest BCUT2D eigenvalue weighted by molar-refractivity contribution is 0.397. The lowest BCUT2D eigenvalue weighted by Crippen LogP contribution is -2.39. The second-order valence-corrected chi connectivity index (χ2v) is 6.18. The van der Waals surface area contributed by atoms with Gasteiger partial charge in [0.05, 0.1) is 0 Å². The molecule has 1 fully saturated rings. The highest BCUT2D eigenvalue weighted by Crippen LogP contribution is 2.30. The van der Waals surface area contributed by atoms with Crippen molar-refractivity contribution in [1.29, 1.82) is 0 Å². The van der Waals surface area contributed by atoms with Crippen LogP contribution in [0.4, 0.5) is 0 Å². The first-order chi connectivity index (χ1) is 8.63. The van der Waals surface area contributed by atoms with E-state index < -0.39 is 10.0 Å². The van der Waals surface area contributed by atoms with Gasteiger partial charge in [-0.25, -0.2) is 0 Å². The van der Waals surface area contributed by atoms with E-state index in [1.54, 1.807) is 12.1 Å². The van der Waals surface area contributed by atoms with Gasteiger partial charge in [0.15, 0.2) is 5.84 Å².